The maximum atomic E-state index is 12.5. The first-order valence-corrected chi connectivity index (χ1v) is 10.9. The number of hydrogen-bond donors (Lipinski definition) is 1. The van der Waals surface area contributed by atoms with E-state index in [1.54, 1.807) is 6.33 Å². The zero-order valence-electron chi connectivity index (χ0n) is 16.3. The minimum Gasteiger partial charge on any atom is -0.375 e. The van der Waals surface area contributed by atoms with Crippen molar-refractivity contribution in [3.05, 3.63) is 6.33 Å². The Morgan fingerprint density at radius 3 is 2.26 bits per heavy atom. The summed E-state index contributed by atoms with van der Waals surface area (Å²) < 4.78 is 8.19. The maximum Gasteiger partial charge on any atom is 0.324 e. The first-order valence-electron chi connectivity index (χ1n) is 10.9. The minimum atomic E-state index is -0.0903. The smallest absolute Gasteiger partial charge is 0.324 e. The van der Waals surface area contributed by atoms with Crippen LogP contribution in [0.5, 0.6) is 0 Å². The van der Waals surface area contributed by atoms with Crippen molar-refractivity contribution < 1.29 is 9.53 Å². The Balaban J connectivity index is 1.22. The molecule has 0 atom stereocenters. The molecule has 1 N–H and O–H groups in total. The van der Waals surface area contributed by atoms with Crippen molar-refractivity contribution in [2.45, 2.75) is 95.3 Å². The SMILES string of the molecule is O=C(Nc1ncn(C2CCCCC2)n1)N1CCC(OC2CCCCC2)CC1. The Hall–Kier alpha value is -1.63. The summed E-state index contributed by atoms with van der Waals surface area (Å²) in [4.78, 5) is 18.7. The molecule has 7 nitrogen and oxygen atoms in total. The van der Waals surface area contributed by atoms with Gasteiger partial charge in [0.15, 0.2) is 0 Å². The number of urea groups is 1. The van der Waals surface area contributed by atoms with Crippen LogP contribution in [0.25, 0.3) is 0 Å². The van der Waals surface area contributed by atoms with Gasteiger partial charge in [-0.05, 0) is 38.5 Å². The molecule has 1 aliphatic heterocycles. The summed E-state index contributed by atoms with van der Waals surface area (Å²) in [6.45, 7) is 1.49. The zero-order valence-corrected chi connectivity index (χ0v) is 16.3. The van der Waals surface area contributed by atoms with E-state index in [4.69, 9.17) is 4.74 Å². The number of piperidine rings is 1. The van der Waals surface area contributed by atoms with Crippen molar-refractivity contribution >= 4 is 12.0 Å². The summed E-state index contributed by atoms with van der Waals surface area (Å²) in [5, 5.41) is 7.35. The van der Waals surface area contributed by atoms with Gasteiger partial charge in [0.2, 0.25) is 5.95 Å². The average Bonchev–Trinajstić information content (AvgIpc) is 3.18. The summed E-state index contributed by atoms with van der Waals surface area (Å²) in [5.41, 5.74) is 0. The normalized spacial score (nSPS) is 23.5. The minimum absolute atomic E-state index is 0.0903. The van der Waals surface area contributed by atoms with Gasteiger partial charge in [0, 0.05) is 13.1 Å². The van der Waals surface area contributed by atoms with Crippen molar-refractivity contribution in [2.24, 2.45) is 0 Å². The van der Waals surface area contributed by atoms with Gasteiger partial charge in [-0.25, -0.2) is 14.5 Å². The fourth-order valence-electron chi connectivity index (χ4n) is 4.70. The van der Waals surface area contributed by atoms with E-state index < -0.39 is 0 Å². The molecule has 150 valence electrons. The number of nitrogens with zero attached hydrogens (tertiary/aromatic N) is 4. The van der Waals surface area contributed by atoms with Crippen LogP contribution in [0.4, 0.5) is 10.7 Å². The van der Waals surface area contributed by atoms with Crippen LogP contribution in [0, 0.1) is 0 Å². The van der Waals surface area contributed by atoms with Gasteiger partial charge in [-0.1, -0.05) is 38.5 Å². The Kier molecular flexibility index (Phi) is 6.27. The molecule has 3 fully saturated rings. The van der Waals surface area contributed by atoms with E-state index in [1.807, 2.05) is 9.58 Å². The van der Waals surface area contributed by atoms with Crippen LogP contribution in [-0.4, -0.2) is 51.0 Å². The van der Waals surface area contributed by atoms with Crippen molar-refractivity contribution in [2.75, 3.05) is 18.4 Å². The molecule has 27 heavy (non-hydrogen) atoms. The van der Waals surface area contributed by atoms with E-state index in [1.165, 1.54) is 51.4 Å². The number of aromatic nitrogens is 3. The monoisotopic (exact) mass is 375 g/mol. The highest BCUT2D eigenvalue weighted by Gasteiger charge is 2.27. The van der Waals surface area contributed by atoms with Crippen LogP contribution in [0.2, 0.25) is 0 Å². The summed E-state index contributed by atoms with van der Waals surface area (Å²) in [6, 6.07) is 0.345. The molecule has 3 aliphatic rings. The lowest BCUT2D eigenvalue weighted by Crippen LogP contribution is -2.44. The number of likely N-dealkylation sites (tertiary alicyclic amines) is 1. The molecule has 0 spiro atoms. The summed E-state index contributed by atoms with van der Waals surface area (Å²) in [6.07, 6.45) is 16.9. The Morgan fingerprint density at radius 2 is 1.56 bits per heavy atom. The molecule has 2 saturated carbocycles. The third kappa shape index (κ3) is 5.00. The molecule has 0 aromatic carbocycles. The molecule has 2 heterocycles. The lowest BCUT2D eigenvalue weighted by atomic mass is 9.96. The van der Waals surface area contributed by atoms with E-state index in [9.17, 15) is 4.79 Å². The summed E-state index contributed by atoms with van der Waals surface area (Å²) in [7, 11) is 0. The maximum absolute atomic E-state index is 12.5. The fraction of sp³-hybridized carbons (Fsp3) is 0.850. The molecule has 0 unspecified atom stereocenters. The number of ether oxygens (including phenoxy) is 1. The average molecular weight is 376 g/mol. The fourth-order valence-corrected chi connectivity index (χ4v) is 4.70. The molecular formula is C20H33N5O2. The lowest BCUT2D eigenvalue weighted by Gasteiger charge is -2.34. The third-order valence-electron chi connectivity index (χ3n) is 6.34. The van der Waals surface area contributed by atoms with Crippen molar-refractivity contribution in [3.8, 4) is 0 Å². The van der Waals surface area contributed by atoms with E-state index in [2.05, 4.69) is 15.4 Å². The quantitative estimate of drug-likeness (QED) is 0.859. The van der Waals surface area contributed by atoms with Crippen molar-refractivity contribution in [1.82, 2.24) is 19.7 Å². The number of carbonyl (C=O) groups excluding carboxylic acids is 1. The number of nitrogens with one attached hydrogen (secondary N) is 1. The summed E-state index contributed by atoms with van der Waals surface area (Å²) in [5.74, 6) is 0.422. The second-order valence-corrected chi connectivity index (χ2v) is 8.35. The van der Waals surface area contributed by atoms with Crippen LogP contribution in [-0.2, 0) is 4.74 Å². The number of amides is 2. The second kappa shape index (κ2) is 9.04. The molecular weight excluding hydrogens is 342 g/mol. The number of hydrogen-bond acceptors (Lipinski definition) is 4. The van der Waals surface area contributed by atoms with Crippen LogP contribution in [0.1, 0.15) is 83.1 Å². The van der Waals surface area contributed by atoms with Gasteiger partial charge in [0.1, 0.15) is 6.33 Å². The van der Waals surface area contributed by atoms with E-state index in [0.717, 1.165) is 38.8 Å². The second-order valence-electron chi connectivity index (χ2n) is 8.35. The van der Waals surface area contributed by atoms with Crippen molar-refractivity contribution in [1.29, 1.82) is 0 Å². The largest absolute Gasteiger partial charge is 0.375 e. The van der Waals surface area contributed by atoms with Crippen LogP contribution < -0.4 is 5.32 Å². The van der Waals surface area contributed by atoms with Gasteiger partial charge >= 0.3 is 6.03 Å². The standard InChI is InChI=1S/C20H33N5O2/c26-20(22-19-21-15-25(23-19)16-7-3-1-4-8-16)24-13-11-18(12-14-24)27-17-9-5-2-6-10-17/h15-18H,1-14H2,(H,22,23,26). The third-order valence-corrected chi connectivity index (χ3v) is 6.34. The molecule has 1 aromatic heterocycles. The molecule has 7 heteroatoms. The number of carbonyl (C=O) groups is 1. The van der Waals surface area contributed by atoms with Crippen LogP contribution in [0.3, 0.4) is 0 Å². The van der Waals surface area contributed by atoms with E-state index >= 15 is 0 Å². The molecule has 4 rings (SSSR count). The first-order chi connectivity index (χ1) is 13.3. The van der Waals surface area contributed by atoms with Gasteiger partial charge < -0.3 is 9.64 Å². The van der Waals surface area contributed by atoms with E-state index in [-0.39, 0.29) is 6.03 Å². The van der Waals surface area contributed by atoms with Crippen LogP contribution in [0.15, 0.2) is 6.33 Å². The lowest BCUT2D eigenvalue weighted by molar-refractivity contribution is -0.0510. The van der Waals surface area contributed by atoms with Crippen LogP contribution >= 0.6 is 0 Å². The molecule has 1 aromatic rings. The Morgan fingerprint density at radius 1 is 0.926 bits per heavy atom. The highest BCUT2D eigenvalue weighted by atomic mass is 16.5. The first kappa shape index (κ1) is 18.7. The Labute approximate surface area is 161 Å². The molecule has 2 aliphatic carbocycles. The molecule has 0 bridgehead atoms. The molecule has 1 saturated heterocycles. The highest BCUT2D eigenvalue weighted by molar-refractivity contribution is 5.87. The van der Waals surface area contributed by atoms with Gasteiger partial charge in [-0.2, -0.15) is 0 Å². The Bertz CT molecular complexity index is 599. The van der Waals surface area contributed by atoms with Crippen molar-refractivity contribution in [3.63, 3.8) is 0 Å². The van der Waals surface area contributed by atoms with Gasteiger partial charge in [0.25, 0.3) is 0 Å². The van der Waals surface area contributed by atoms with Gasteiger partial charge in [0.05, 0.1) is 18.2 Å². The molecule has 0 radical (unpaired) electrons. The number of rotatable bonds is 4. The van der Waals surface area contributed by atoms with E-state index in [0.29, 0.717) is 24.2 Å². The zero-order chi connectivity index (χ0) is 18.5. The summed E-state index contributed by atoms with van der Waals surface area (Å²) >= 11 is 0. The van der Waals surface area contributed by atoms with Gasteiger partial charge in [-0.15, -0.1) is 5.10 Å². The number of anilines is 1. The van der Waals surface area contributed by atoms with Gasteiger partial charge in [-0.3, -0.25) is 5.32 Å². The highest BCUT2D eigenvalue weighted by Crippen LogP contribution is 2.27. The molecule has 2 amide bonds. The topological polar surface area (TPSA) is 72.3 Å². The predicted octanol–water partition coefficient (Wildman–Crippen LogP) is 4.13. The predicted molar refractivity (Wildman–Crippen MR) is 104 cm³/mol.